The lowest BCUT2D eigenvalue weighted by Gasteiger charge is -1.97. The summed E-state index contributed by atoms with van der Waals surface area (Å²) in [6.45, 7) is -0.181. The Morgan fingerprint density at radius 3 is 3.08 bits per heavy atom. The molecular formula is C4H5IN4O2S. The highest BCUT2D eigenvalue weighted by Crippen LogP contribution is 2.16. The number of carboxylic acid groups (broad SMARTS) is 1. The van der Waals surface area contributed by atoms with Crippen molar-refractivity contribution in [2.24, 2.45) is 0 Å². The highest BCUT2D eigenvalue weighted by atomic mass is 127. The van der Waals surface area contributed by atoms with Crippen LogP contribution in [0.4, 0.5) is 0 Å². The van der Waals surface area contributed by atoms with E-state index in [0.717, 1.165) is 0 Å². The van der Waals surface area contributed by atoms with Crippen molar-refractivity contribution in [2.75, 3.05) is 0 Å². The molecule has 8 heteroatoms. The maximum atomic E-state index is 10.3. The molecule has 1 aromatic rings. The molecule has 66 valence electrons. The number of aliphatic carboxylic acids is 1. The fourth-order valence-corrected chi connectivity index (χ4v) is 1.77. The molecule has 0 aromatic carbocycles. The Morgan fingerprint density at radius 1 is 1.75 bits per heavy atom. The zero-order chi connectivity index (χ0) is 8.97. The van der Waals surface area contributed by atoms with Gasteiger partial charge in [-0.15, -0.1) is 5.10 Å². The number of nitrogens with zero attached hydrogens (tertiary/aromatic N) is 4. The number of halogens is 1. The average molecular weight is 300 g/mol. The van der Waals surface area contributed by atoms with E-state index in [1.807, 2.05) is 0 Å². The van der Waals surface area contributed by atoms with Crippen LogP contribution in [-0.4, -0.2) is 31.3 Å². The van der Waals surface area contributed by atoms with Crippen molar-refractivity contribution in [3.63, 3.8) is 0 Å². The lowest BCUT2D eigenvalue weighted by molar-refractivity contribution is -0.137. The summed E-state index contributed by atoms with van der Waals surface area (Å²) in [6, 6.07) is 0. The minimum absolute atomic E-state index is 0.181. The van der Waals surface area contributed by atoms with E-state index in [2.05, 4.69) is 36.7 Å². The second kappa shape index (κ2) is 4.60. The summed E-state index contributed by atoms with van der Waals surface area (Å²) >= 11 is 2.10. The van der Waals surface area contributed by atoms with Gasteiger partial charge >= 0.3 is 5.97 Å². The van der Waals surface area contributed by atoms with Gasteiger partial charge in [0.2, 0.25) is 0 Å². The summed E-state index contributed by atoms with van der Waals surface area (Å²) in [5, 5.41) is 19.0. The van der Waals surface area contributed by atoms with Gasteiger partial charge in [-0.05, 0) is 31.6 Å². The third kappa shape index (κ3) is 2.59. The molecule has 0 amide bonds. The van der Waals surface area contributed by atoms with Gasteiger partial charge in [-0.25, -0.2) is 4.68 Å². The predicted molar refractivity (Wildman–Crippen MR) is 50.8 cm³/mol. The molecular weight excluding hydrogens is 295 g/mol. The minimum atomic E-state index is -0.943. The van der Waals surface area contributed by atoms with Crippen LogP contribution in [0.25, 0.3) is 0 Å². The van der Waals surface area contributed by atoms with Crippen molar-refractivity contribution in [3.05, 3.63) is 5.82 Å². The largest absolute Gasteiger partial charge is 0.480 e. The standard InChI is InChI=1S/C4H5IN4O2S/c5-12-2-3-6-7-8-9(3)1-4(10)11/h1-2H2,(H,10,11). The third-order valence-electron chi connectivity index (χ3n) is 1.07. The fraction of sp³-hybridized carbons (Fsp3) is 0.500. The summed E-state index contributed by atoms with van der Waals surface area (Å²) in [6.07, 6.45) is 0. The van der Waals surface area contributed by atoms with Crippen LogP contribution in [0.2, 0.25) is 0 Å². The van der Waals surface area contributed by atoms with Crippen molar-refractivity contribution < 1.29 is 9.90 Å². The summed E-state index contributed by atoms with van der Waals surface area (Å²) in [4.78, 5) is 10.3. The van der Waals surface area contributed by atoms with E-state index in [4.69, 9.17) is 5.11 Å². The zero-order valence-corrected chi connectivity index (χ0v) is 8.82. The van der Waals surface area contributed by atoms with Crippen molar-refractivity contribution in [2.45, 2.75) is 12.3 Å². The summed E-state index contributed by atoms with van der Waals surface area (Å²) in [7, 11) is 1.51. The smallest absolute Gasteiger partial charge is 0.325 e. The van der Waals surface area contributed by atoms with Gasteiger partial charge in [-0.1, -0.05) is 8.93 Å². The quantitative estimate of drug-likeness (QED) is 0.808. The van der Waals surface area contributed by atoms with Crippen molar-refractivity contribution in [1.82, 2.24) is 20.2 Å². The lowest BCUT2D eigenvalue weighted by Crippen LogP contribution is -2.12. The van der Waals surface area contributed by atoms with Crippen molar-refractivity contribution >= 4 is 36.1 Å². The first kappa shape index (κ1) is 9.71. The van der Waals surface area contributed by atoms with E-state index in [1.165, 1.54) is 13.6 Å². The Labute approximate surface area is 84.3 Å². The van der Waals surface area contributed by atoms with Crippen LogP contribution in [-0.2, 0) is 17.1 Å². The molecule has 1 N–H and O–H groups in total. The molecule has 0 unspecified atom stereocenters. The van der Waals surface area contributed by atoms with Gasteiger partial charge in [0, 0.05) is 0 Å². The first-order chi connectivity index (χ1) is 5.74. The molecule has 0 aliphatic rings. The molecule has 0 fully saturated rings. The molecule has 0 spiro atoms. The number of hydrogen-bond acceptors (Lipinski definition) is 5. The van der Waals surface area contributed by atoms with Crippen molar-refractivity contribution in [3.8, 4) is 0 Å². The third-order valence-corrected chi connectivity index (χ3v) is 2.38. The normalized spacial score (nSPS) is 10.1. The Morgan fingerprint density at radius 2 is 2.50 bits per heavy atom. The van der Waals surface area contributed by atoms with E-state index in [-0.39, 0.29) is 6.54 Å². The van der Waals surface area contributed by atoms with E-state index >= 15 is 0 Å². The lowest BCUT2D eigenvalue weighted by atomic mass is 10.6. The van der Waals surface area contributed by atoms with E-state index in [1.54, 1.807) is 0 Å². The SMILES string of the molecule is O=C(O)Cn1nnnc1CSI. The van der Waals surface area contributed by atoms with Gasteiger partial charge in [0.1, 0.15) is 6.54 Å². The molecule has 0 aliphatic heterocycles. The van der Waals surface area contributed by atoms with Gasteiger partial charge in [-0.3, -0.25) is 4.79 Å². The Balaban J connectivity index is 2.69. The molecule has 1 rings (SSSR count). The number of hydrogen-bond donors (Lipinski definition) is 1. The molecule has 0 saturated carbocycles. The van der Waals surface area contributed by atoms with Crippen LogP contribution in [0.15, 0.2) is 0 Å². The molecule has 0 bridgehead atoms. The molecule has 0 radical (unpaired) electrons. The number of tetrazole rings is 1. The Hall–Kier alpha value is -0.380. The predicted octanol–water partition coefficient (Wildman–Crippen LogP) is 0.341. The monoisotopic (exact) mass is 300 g/mol. The second-order valence-electron chi connectivity index (χ2n) is 1.90. The molecule has 12 heavy (non-hydrogen) atoms. The van der Waals surface area contributed by atoms with Gasteiger partial charge in [0.15, 0.2) is 5.82 Å². The number of carbonyl (C=O) groups is 1. The van der Waals surface area contributed by atoms with Crippen LogP contribution < -0.4 is 0 Å². The van der Waals surface area contributed by atoms with E-state index in [9.17, 15) is 4.79 Å². The van der Waals surface area contributed by atoms with Gasteiger partial charge in [0.05, 0.1) is 5.75 Å². The van der Waals surface area contributed by atoms with Crippen LogP contribution >= 0.6 is 30.1 Å². The second-order valence-corrected chi connectivity index (χ2v) is 4.28. The van der Waals surface area contributed by atoms with Crippen molar-refractivity contribution in [1.29, 1.82) is 0 Å². The first-order valence-corrected chi connectivity index (χ1v) is 6.47. The molecule has 0 atom stereocenters. The highest BCUT2D eigenvalue weighted by Gasteiger charge is 2.07. The van der Waals surface area contributed by atoms with Crippen LogP contribution in [0.1, 0.15) is 5.82 Å². The Bertz CT molecular complexity index is 278. The summed E-state index contributed by atoms with van der Waals surface area (Å²) < 4.78 is 1.27. The first-order valence-electron chi connectivity index (χ1n) is 2.94. The van der Waals surface area contributed by atoms with Gasteiger partial charge in [0.25, 0.3) is 0 Å². The molecule has 1 heterocycles. The molecule has 1 aromatic heterocycles. The number of aromatic nitrogens is 4. The summed E-state index contributed by atoms with van der Waals surface area (Å²) in [5.41, 5.74) is 0. The zero-order valence-electron chi connectivity index (χ0n) is 5.84. The maximum absolute atomic E-state index is 10.3. The van der Waals surface area contributed by atoms with Crippen LogP contribution in [0, 0.1) is 0 Å². The average Bonchev–Trinajstić information content (AvgIpc) is 2.37. The molecule has 0 aliphatic carbocycles. The Kier molecular flexibility index (Phi) is 3.72. The fourth-order valence-electron chi connectivity index (χ4n) is 0.626. The van der Waals surface area contributed by atoms with Gasteiger partial charge < -0.3 is 5.11 Å². The van der Waals surface area contributed by atoms with Crippen LogP contribution in [0.5, 0.6) is 0 Å². The number of rotatable bonds is 4. The number of carboxylic acids is 1. The molecule has 6 nitrogen and oxygen atoms in total. The highest BCUT2D eigenvalue weighted by molar-refractivity contribution is 14.2. The molecule has 0 saturated heterocycles. The minimum Gasteiger partial charge on any atom is -0.480 e. The summed E-state index contributed by atoms with van der Waals surface area (Å²) in [5.74, 6) is 0.250. The van der Waals surface area contributed by atoms with Crippen LogP contribution in [0.3, 0.4) is 0 Å². The van der Waals surface area contributed by atoms with Gasteiger partial charge in [-0.2, -0.15) is 0 Å². The maximum Gasteiger partial charge on any atom is 0.325 e. The topological polar surface area (TPSA) is 80.9 Å². The van der Waals surface area contributed by atoms with E-state index < -0.39 is 5.97 Å². The van der Waals surface area contributed by atoms with E-state index in [0.29, 0.717) is 11.6 Å².